The molecule has 20 heavy (non-hydrogen) atoms. The molecule has 2 aliphatic rings. The molecule has 0 spiro atoms. The quantitative estimate of drug-likeness (QED) is 0.779. The molecule has 2 heterocycles. The van der Waals surface area contributed by atoms with Crippen LogP contribution in [0.4, 0.5) is 0 Å². The summed E-state index contributed by atoms with van der Waals surface area (Å²) in [6, 6.07) is 0.159. The van der Waals surface area contributed by atoms with Crippen LogP contribution in [0, 0.1) is 0 Å². The zero-order valence-electron chi connectivity index (χ0n) is 11.8. The van der Waals surface area contributed by atoms with E-state index in [1.165, 1.54) is 12.8 Å². The molecule has 1 aromatic heterocycles. The van der Waals surface area contributed by atoms with Gasteiger partial charge < -0.3 is 10.1 Å². The second-order valence-corrected chi connectivity index (χ2v) is 5.74. The fourth-order valence-electron chi connectivity index (χ4n) is 3.01. The Labute approximate surface area is 118 Å². The maximum Gasteiger partial charge on any atom is 0.220 e. The number of nitrogens with zero attached hydrogens (tertiary/aromatic N) is 3. The minimum absolute atomic E-state index is 0.110. The lowest BCUT2D eigenvalue weighted by atomic mass is 9.92. The number of fused-ring (bicyclic) bond motifs is 3. The summed E-state index contributed by atoms with van der Waals surface area (Å²) in [5.74, 6) is 0.156. The van der Waals surface area contributed by atoms with Crippen molar-refractivity contribution < 1.29 is 9.53 Å². The van der Waals surface area contributed by atoms with Crippen molar-refractivity contribution in [1.82, 2.24) is 20.3 Å². The summed E-state index contributed by atoms with van der Waals surface area (Å²) in [5, 5.41) is 11.4. The first kappa shape index (κ1) is 13.5. The third kappa shape index (κ3) is 3.36. The molecule has 1 N–H and O–H groups in total. The van der Waals surface area contributed by atoms with Gasteiger partial charge in [0.1, 0.15) is 5.69 Å². The highest BCUT2D eigenvalue weighted by molar-refractivity contribution is 5.76. The Morgan fingerprint density at radius 3 is 3.10 bits per heavy atom. The van der Waals surface area contributed by atoms with Gasteiger partial charge in [0, 0.05) is 13.0 Å². The topological polar surface area (TPSA) is 69.0 Å². The van der Waals surface area contributed by atoms with E-state index in [1.54, 1.807) is 0 Å². The lowest BCUT2D eigenvalue weighted by Crippen LogP contribution is -2.46. The standard InChI is InChI=1S/C14H22N4O2/c19-14-7-3-4-8-18-9-11(16-17-18)10-20-13-6-2-1-5-12(13)15-14/h9,12-13H,1-8,10H2,(H,15,19). The van der Waals surface area contributed by atoms with Gasteiger partial charge in [0.05, 0.1) is 24.9 Å². The van der Waals surface area contributed by atoms with Gasteiger partial charge in [-0.2, -0.15) is 0 Å². The van der Waals surface area contributed by atoms with Crippen LogP contribution in [-0.4, -0.2) is 33.0 Å². The summed E-state index contributed by atoms with van der Waals surface area (Å²) in [6.45, 7) is 1.30. The average molecular weight is 278 g/mol. The van der Waals surface area contributed by atoms with Gasteiger partial charge in [-0.1, -0.05) is 18.1 Å². The van der Waals surface area contributed by atoms with Crippen molar-refractivity contribution in [3.63, 3.8) is 0 Å². The van der Waals surface area contributed by atoms with Gasteiger partial charge in [-0.3, -0.25) is 9.48 Å². The van der Waals surface area contributed by atoms with E-state index in [0.29, 0.717) is 13.0 Å². The molecule has 1 fully saturated rings. The Hall–Kier alpha value is -1.43. The molecule has 1 aromatic rings. The van der Waals surface area contributed by atoms with Crippen molar-refractivity contribution in [2.45, 2.75) is 70.2 Å². The SMILES string of the molecule is O=C1CCCCn2cc(nn2)COC2CCCCC2N1. The van der Waals surface area contributed by atoms with Crippen molar-refractivity contribution in [1.29, 1.82) is 0 Å². The summed E-state index contributed by atoms with van der Waals surface area (Å²) < 4.78 is 7.81. The van der Waals surface area contributed by atoms with Crippen LogP contribution in [0.3, 0.4) is 0 Å². The fraction of sp³-hybridized carbons (Fsp3) is 0.786. The van der Waals surface area contributed by atoms with E-state index >= 15 is 0 Å². The van der Waals surface area contributed by atoms with Gasteiger partial charge in [-0.15, -0.1) is 5.10 Å². The summed E-state index contributed by atoms with van der Waals surface area (Å²) in [6.07, 6.45) is 8.85. The number of aromatic nitrogens is 3. The number of nitrogens with one attached hydrogen (secondary N) is 1. The highest BCUT2D eigenvalue weighted by atomic mass is 16.5. The Bertz CT molecular complexity index is 460. The molecule has 110 valence electrons. The minimum atomic E-state index is 0.110. The molecular weight excluding hydrogens is 256 g/mol. The highest BCUT2D eigenvalue weighted by Gasteiger charge is 2.27. The molecule has 2 unspecified atom stereocenters. The summed E-state index contributed by atoms with van der Waals surface area (Å²) in [5.41, 5.74) is 0.875. The Kier molecular flexibility index (Phi) is 4.30. The molecule has 1 saturated carbocycles. The second kappa shape index (κ2) is 6.35. The summed E-state index contributed by atoms with van der Waals surface area (Å²) >= 11 is 0. The monoisotopic (exact) mass is 278 g/mol. The smallest absolute Gasteiger partial charge is 0.220 e. The normalized spacial score (nSPS) is 28.5. The number of rotatable bonds is 0. The first-order valence-corrected chi connectivity index (χ1v) is 7.61. The van der Waals surface area contributed by atoms with Gasteiger partial charge in [0.15, 0.2) is 0 Å². The van der Waals surface area contributed by atoms with Crippen molar-refractivity contribution in [2.75, 3.05) is 0 Å². The third-order valence-corrected chi connectivity index (χ3v) is 4.12. The van der Waals surface area contributed by atoms with E-state index in [2.05, 4.69) is 15.6 Å². The van der Waals surface area contributed by atoms with Crippen LogP contribution in [0.25, 0.3) is 0 Å². The van der Waals surface area contributed by atoms with Crippen molar-refractivity contribution >= 4 is 5.91 Å². The van der Waals surface area contributed by atoms with Gasteiger partial charge in [-0.25, -0.2) is 0 Å². The highest BCUT2D eigenvalue weighted by Crippen LogP contribution is 2.22. The van der Waals surface area contributed by atoms with Crippen LogP contribution in [-0.2, 0) is 22.7 Å². The van der Waals surface area contributed by atoms with Crippen LogP contribution in [0.1, 0.15) is 50.6 Å². The fourth-order valence-corrected chi connectivity index (χ4v) is 3.01. The third-order valence-electron chi connectivity index (χ3n) is 4.12. The van der Waals surface area contributed by atoms with Crippen LogP contribution >= 0.6 is 0 Å². The number of amides is 1. The Morgan fingerprint density at radius 2 is 2.15 bits per heavy atom. The van der Waals surface area contributed by atoms with Crippen LogP contribution < -0.4 is 5.32 Å². The predicted molar refractivity (Wildman–Crippen MR) is 72.8 cm³/mol. The molecule has 6 nitrogen and oxygen atoms in total. The lowest BCUT2D eigenvalue weighted by Gasteiger charge is -2.32. The Balaban J connectivity index is 1.71. The van der Waals surface area contributed by atoms with E-state index in [9.17, 15) is 4.79 Å². The van der Waals surface area contributed by atoms with E-state index in [0.717, 1.165) is 37.9 Å². The van der Waals surface area contributed by atoms with E-state index < -0.39 is 0 Å². The molecule has 1 amide bonds. The molecule has 1 aliphatic heterocycles. The summed E-state index contributed by atoms with van der Waals surface area (Å²) in [7, 11) is 0. The van der Waals surface area contributed by atoms with Gasteiger partial charge in [0.25, 0.3) is 0 Å². The van der Waals surface area contributed by atoms with Crippen LogP contribution in [0.15, 0.2) is 6.20 Å². The molecule has 2 atom stereocenters. The van der Waals surface area contributed by atoms with Gasteiger partial charge in [0.2, 0.25) is 5.91 Å². The van der Waals surface area contributed by atoms with Crippen molar-refractivity contribution in [3.8, 4) is 0 Å². The Morgan fingerprint density at radius 1 is 1.25 bits per heavy atom. The van der Waals surface area contributed by atoms with Crippen molar-refractivity contribution in [2.24, 2.45) is 0 Å². The molecule has 0 radical (unpaired) electrons. The molecule has 0 aromatic carbocycles. The number of hydrogen-bond acceptors (Lipinski definition) is 4. The van der Waals surface area contributed by atoms with Crippen molar-refractivity contribution in [3.05, 3.63) is 11.9 Å². The minimum Gasteiger partial charge on any atom is -0.370 e. The summed E-state index contributed by atoms with van der Waals surface area (Å²) in [4.78, 5) is 12.0. The second-order valence-electron chi connectivity index (χ2n) is 5.74. The van der Waals surface area contributed by atoms with E-state index in [1.807, 2.05) is 10.9 Å². The first-order valence-electron chi connectivity index (χ1n) is 7.61. The maximum absolute atomic E-state index is 12.0. The molecule has 6 heteroatoms. The number of ether oxygens (including phenoxy) is 1. The lowest BCUT2D eigenvalue weighted by molar-refractivity contribution is -0.124. The molecule has 2 bridgehead atoms. The zero-order chi connectivity index (χ0) is 13.8. The molecule has 0 saturated heterocycles. The molecule has 1 aliphatic carbocycles. The number of carbonyl (C=O) groups excluding carboxylic acids is 1. The molecular formula is C14H22N4O2. The van der Waals surface area contributed by atoms with E-state index in [4.69, 9.17) is 4.74 Å². The number of aryl methyl sites for hydroxylation is 1. The first-order chi connectivity index (χ1) is 9.81. The molecule has 3 rings (SSSR count). The zero-order valence-corrected chi connectivity index (χ0v) is 11.8. The largest absolute Gasteiger partial charge is 0.370 e. The number of hydrogen-bond donors (Lipinski definition) is 1. The van der Waals surface area contributed by atoms with Crippen LogP contribution in [0.2, 0.25) is 0 Å². The number of carbonyl (C=O) groups is 1. The van der Waals surface area contributed by atoms with Gasteiger partial charge >= 0.3 is 0 Å². The maximum atomic E-state index is 12.0. The van der Waals surface area contributed by atoms with Crippen LogP contribution in [0.5, 0.6) is 0 Å². The average Bonchev–Trinajstić information content (AvgIpc) is 2.90. The predicted octanol–water partition coefficient (Wildman–Crippen LogP) is 1.41. The van der Waals surface area contributed by atoms with Gasteiger partial charge in [-0.05, 0) is 25.7 Å². The van der Waals surface area contributed by atoms with E-state index in [-0.39, 0.29) is 18.1 Å².